The second-order valence-corrected chi connectivity index (χ2v) is 7.75. The average molecular weight is 424 g/mol. The number of halogens is 4. The molecule has 2 heterocycles. The number of nitrogens with zero attached hydrogens (tertiary/aromatic N) is 2. The van der Waals surface area contributed by atoms with Gasteiger partial charge in [-0.05, 0) is 30.3 Å². The molecule has 1 saturated heterocycles. The first-order valence-electron chi connectivity index (χ1n) is 8.99. The minimum atomic E-state index is -4.49. The van der Waals surface area contributed by atoms with E-state index in [9.17, 15) is 22.4 Å². The molecule has 0 bridgehead atoms. The Hall–Kier alpha value is -2.68. The lowest BCUT2D eigenvalue weighted by Gasteiger charge is -2.31. The number of carbonyl (C=O) groups is 1. The van der Waals surface area contributed by atoms with E-state index >= 15 is 0 Å². The van der Waals surface area contributed by atoms with Crippen molar-refractivity contribution >= 4 is 27.5 Å². The van der Waals surface area contributed by atoms with Gasteiger partial charge in [-0.15, -0.1) is 0 Å². The molecular weight excluding hydrogens is 408 g/mol. The van der Waals surface area contributed by atoms with Gasteiger partial charge >= 0.3 is 6.18 Å². The van der Waals surface area contributed by atoms with Gasteiger partial charge < -0.3 is 9.64 Å². The predicted octanol–water partition coefficient (Wildman–Crippen LogP) is 5.14. The van der Waals surface area contributed by atoms with E-state index in [-0.39, 0.29) is 17.2 Å². The third kappa shape index (κ3) is 4.19. The number of amides is 1. The van der Waals surface area contributed by atoms with Crippen molar-refractivity contribution in [2.75, 3.05) is 13.1 Å². The lowest BCUT2D eigenvalue weighted by Crippen LogP contribution is -2.41. The van der Waals surface area contributed by atoms with Gasteiger partial charge in [0.15, 0.2) is 0 Å². The zero-order valence-corrected chi connectivity index (χ0v) is 15.9. The molecule has 1 fully saturated rings. The van der Waals surface area contributed by atoms with E-state index < -0.39 is 23.5 Å². The fraction of sp³-hybridized carbons (Fsp3) is 0.300. The van der Waals surface area contributed by atoms with Crippen LogP contribution < -0.4 is 4.74 Å². The highest BCUT2D eigenvalue weighted by molar-refractivity contribution is 7.20. The Balaban J connectivity index is 1.39. The Morgan fingerprint density at radius 2 is 1.86 bits per heavy atom. The quantitative estimate of drug-likeness (QED) is 0.547. The molecule has 29 heavy (non-hydrogen) atoms. The van der Waals surface area contributed by atoms with E-state index in [2.05, 4.69) is 4.98 Å². The van der Waals surface area contributed by atoms with Crippen LogP contribution in [0.3, 0.4) is 0 Å². The van der Waals surface area contributed by atoms with Crippen molar-refractivity contribution in [3.05, 3.63) is 59.4 Å². The van der Waals surface area contributed by atoms with Crippen LogP contribution in [0.15, 0.2) is 42.5 Å². The van der Waals surface area contributed by atoms with Gasteiger partial charge in [0.05, 0.1) is 10.3 Å². The zero-order valence-electron chi connectivity index (χ0n) is 15.1. The van der Waals surface area contributed by atoms with Crippen LogP contribution >= 0.6 is 11.3 Å². The summed E-state index contributed by atoms with van der Waals surface area (Å²) in [6.07, 6.45) is -3.65. The molecule has 4 rings (SSSR count). The summed E-state index contributed by atoms with van der Waals surface area (Å²) in [6, 6.07) is 9.15. The topological polar surface area (TPSA) is 42.4 Å². The maximum Gasteiger partial charge on any atom is 0.416 e. The Morgan fingerprint density at radius 1 is 1.14 bits per heavy atom. The fourth-order valence-corrected chi connectivity index (χ4v) is 4.17. The number of carbonyl (C=O) groups excluding carboxylic acids is 1. The SMILES string of the molecule is O=C(c1cccc(C(F)(F)F)c1)N1CCC(Oc2nc3c(F)cccc3s2)CC1. The van der Waals surface area contributed by atoms with Crippen LogP contribution in [0, 0.1) is 5.82 Å². The summed E-state index contributed by atoms with van der Waals surface area (Å²) in [5.41, 5.74) is -0.560. The van der Waals surface area contributed by atoms with Gasteiger partial charge in [-0.25, -0.2) is 4.39 Å². The number of para-hydroxylation sites is 1. The Kier molecular flexibility index (Phi) is 5.16. The van der Waals surface area contributed by atoms with Gasteiger partial charge in [-0.3, -0.25) is 4.79 Å². The standard InChI is InChI=1S/C20H16F4N2O2S/c21-15-5-2-6-16-17(15)25-19(29-16)28-14-7-9-26(10-8-14)18(27)12-3-1-4-13(11-12)20(22,23)24/h1-6,11,14H,7-10H2. The molecule has 1 aliphatic rings. The Labute approximate surface area is 167 Å². The van der Waals surface area contributed by atoms with E-state index in [0.717, 1.165) is 12.1 Å². The minimum absolute atomic E-state index is 0.0147. The molecule has 1 amide bonds. The number of likely N-dealkylation sites (tertiary alicyclic amines) is 1. The van der Waals surface area contributed by atoms with Crippen LogP contribution in [0.5, 0.6) is 5.19 Å². The van der Waals surface area contributed by atoms with Gasteiger partial charge in [0, 0.05) is 31.5 Å². The van der Waals surface area contributed by atoms with E-state index in [1.807, 2.05) is 0 Å². The maximum absolute atomic E-state index is 13.8. The van der Waals surface area contributed by atoms with E-state index in [0.29, 0.717) is 35.8 Å². The van der Waals surface area contributed by atoms with E-state index in [1.54, 1.807) is 12.1 Å². The Bertz CT molecular complexity index is 1040. The highest BCUT2D eigenvalue weighted by Gasteiger charge is 2.32. The highest BCUT2D eigenvalue weighted by atomic mass is 32.1. The monoisotopic (exact) mass is 424 g/mol. The first-order valence-corrected chi connectivity index (χ1v) is 9.81. The van der Waals surface area contributed by atoms with E-state index in [1.165, 1.54) is 34.4 Å². The number of fused-ring (bicyclic) bond motifs is 1. The molecule has 1 aromatic heterocycles. The second-order valence-electron chi connectivity index (χ2n) is 6.75. The number of alkyl halides is 3. The molecule has 2 aromatic carbocycles. The van der Waals surface area contributed by atoms with Crippen LogP contribution in [-0.4, -0.2) is 35.0 Å². The first kappa shape index (κ1) is 19.6. The maximum atomic E-state index is 13.8. The number of rotatable bonds is 3. The number of hydrogen-bond donors (Lipinski definition) is 0. The summed E-state index contributed by atoms with van der Waals surface area (Å²) >= 11 is 1.25. The smallest absolute Gasteiger partial charge is 0.416 e. The summed E-state index contributed by atoms with van der Waals surface area (Å²) < 4.78 is 58.9. The molecule has 9 heteroatoms. The van der Waals surface area contributed by atoms with Crippen LogP contribution in [-0.2, 0) is 6.18 Å². The van der Waals surface area contributed by atoms with Crippen molar-refractivity contribution in [2.24, 2.45) is 0 Å². The molecule has 1 aliphatic heterocycles. The highest BCUT2D eigenvalue weighted by Crippen LogP contribution is 2.32. The van der Waals surface area contributed by atoms with Crippen molar-refractivity contribution in [1.29, 1.82) is 0 Å². The van der Waals surface area contributed by atoms with Crippen molar-refractivity contribution in [1.82, 2.24) is 9.88 Å². The summed E-state index contributed by atoms with van der Waals surface area (Å²) in [6.45, 7) is 0.720. The number of thiazole rings is 1. The molecule has 0 atom stereocenters. The van der Waals surface area contributed by atoms with Crippen molar-refractivity contribution in [3.63, 3.8) is 0 Å². The molecule has 0 unspecified atom stereocenters. The van der Waals surface area contributed by atoms with Gasteiger partial charge in [-0.2, -0.15) is 18.2 Å². The molecular formula is C20H16F4N2O2S. The van der Waals surface area contributed by atoms with Gasteiger partial charge in [0.1, 0.15) is 17.4 Å². The minimum Gasteiger partial charge on any atom is -0.467 e. The lowest BCUT2D eigenvalue weighted by molar-refractivity contribution is -0.137. The van der Waals surface area contributed by atoms with Crippen LogP contribution in [0.25, 0.3) is 10.2 Å². The fourth-order valence-electron chi connectivity index (χ4n) is 3.28. The number of hydrogen-bond acceptors (Lipinski definition) is 4. The molecule has 152 valence electrons. The third-order valence-electron chi connectivity index (χ3n) is 4.78. The normalized spacial score (nSPS) is 15.7. The molecule has 4 nitrogen and oxygen atoms in total. The molecule has 3 aromatic rings. The number of piperidine rings is 1. The van der Waals surface area contributed by atoms with Gasteiger partial charge in [-0.1, -0.05) is 23.5 Å². The summed E-state index contributed by atoms with van der Waals surface area (Å²) in [5, 5.41) is 0.368. The first-order chi connectivity index (χ1) is 13.8. The van der Waals surface area contributed by atoms with Crippen LogP contribution in [0.2, 0.25) is 0 Å². The van der Waals surface area contributed by atoms with Crippen LogP contribution in [0.4, 0.5) is 17.6 Å². The molecule has 0 saturated carbocycles. The van der Waals surface area contributed by atoms with E-state index in [4.69, 9.17) is 4.74 Å². The number of benzene rings is 2. The molecule has 0 aliphatic carbocycles. The summed E-state index contributed by atoms with van der Waals surface area (Å²) in [7, 11) is 0. The zero-order chi connectivity index (χ0) is 20.6. The summed E-state index contributed by atoms with van der Waals surface area (Å²) in [5.74, 6) is -0.841. The van der Waals surface area contributed by atoms with Crippen molar-refractivity contribution in [2.45, 2.75) is 25.1 Å². The van der Waals surface area contributed by atoms with Crippen molar-refractivity contribution in [3.8, 4) is 5.19 Å². The average Bonchev–Trinajstić information content (AvgIpc) is 3.11. The third-order valence-corrected chi connectivity index (χ3v) is 5.70. The largest absolute Gasteiger partial charge is 0.467 e. The molecule has 0 radical (unpaired) electrons. The Morgan fingerprint density at radius 3 is 2.55 bits per heavy atom. The second kappa shape index (κ2) is 7.62. The lowest BCUT2D eigenvalue weighted by atomic mass is 10.0. The number of ether oxygens (including phenoxy) is 1. The van der Waals surface area contributed by atoms with Gasteiger partial charge in [0.2, 0.25) is 0 Å². The predicted molar refractivity (Wildman–Crippen MR) is 101 cm³/mol. The van der Waals surface area contributed by atoms with Crippen LogP contribution in [0.1, 0.15) is 28.8 Å². The van der Waals surface area contributed by atoms with Crippen molar-refractivity contribution < 1.29 is 27.1 Å². The molecule has 0 spiro atoms. The number of aromatic nitrogens is 1. The molecule has 0 N–H and O–H groups in total. The summed E-state index contributed by atoms with van der Waals surface area (Å²) in [4.78, 5) is 18.3. The van der Waals surface area contributed by atoms with Gasteiger partial charge in [0.25, 0.3) is 11.1 Å².